The van der Waals surface area contributed by atoms with Crippen LogP contribution in [0.5, 0.6) is 0 Å². The van der Waals surface area contributed by atoms with Gasteiger partial charge in [-0.15, -0.1) is 12.4 Å². The molecule has 29 heavy (non-hydrogen) atoms. The Balaban J connectivity index is 0.00000300. The van der Waals surface area contributed by atoms with Gasteiger partial charge in [-0.25, -0.2) is 13.8 Å². The first kappa shape index (κ1) is 23.5. The minimum atomic E-state index is -0.892. The summed E-state index contributed by atoms with van der Waals surface area (Å²) in [6.45, 7) is 6.45. The number of carbonyl (C=O) groups is 1. The van der Waals surface area contributed by atoms with E-state index >= 15 is 0 Å². The summed E-state index contributed by atoms with van der Waals surface area (Å²) in [5.74, 6) is -2.54. The van der Waals surface area contributed by atoms with E-state index in [1.165, 1.54) is 22.3 Å². The number of thiazole rings is 1. The van der Waals surface area contributed by atoms with E-state index in [0.29, 0.717) is 22.2 Å². The van der Waals surface area contributed by atoms with Crippen LogP contribution in [0.2, 0.25) is 5.02 Å². The van der Waals surface area contributed by atoms with Crippen molar-refractivity contribution in [2.24, 2.45) is 0 Å². The third-order valence-electron chi connectivity index (χ3n) is 4.55. The standard InChI is InChI=1S/C20H20ClF2N3OS.ClH/c1-3-25(4-2)11-12-26(19(27)17-14(22)8-6-9-15(17)23)20-24-18-13(21)7-5-10-16(18)28-20;/h5-10H,3-4,11-12H2,1-2H3;1H. The zero-order chi connectivity index (χ0) is 20.3. The van der Waals surface area contributed by atoms with Crippen LogP contribution in [-0.4, -0.2) is 42.0 Å². The summed E-state index contributed by atoms with van der Waals surface area (Å²) in [5, 5.41) is 0.830. The molecule has 0 aliphatic carbocycles. The number of rotatable bonds is 7. The lowest BCUT2D eigenvalue weighted by molar-refractivity contribution is 0.0975. The maximum absolute atomic E-state index is 14.2. The van der Waals surface area contributed by atoms with Gasteiger partial charge in [-0.05, 0) is 37.4 Å². The van der Waals surface area contributed by atoms with Gasteiger partial charge in [0.2, 0.25) is 0 Å². The van der Waals surface area contributed by atoms with Gasteiger partial charge in [0, 0.05) is 13.1 Å². The highest BCUT2D eigenvalue weighted by atomic mass is 35.5. The molecule has 1 amide bonds. The van der Waals surface area contributed by atoms with Gasteiger partial charge in [0.1, 0.15) is 22.7 Å². The number of fused-ring (bicyclic) bond motifs is 1. The molecule has 4 nitrogen and oxygen atoms in total. The van der Waals surface area contributed by atoms with Crippen LogP contribution in [-0.2, 0) is 0 Å². The molecule has 9 heteroatoms. The average molecular weight is 460 g/mol. The van der Waals surface area contributed by atoms with Crippen LogP contribution in [0.3, 0.4) is 0 Å². The molecular weight excluding hydrogens is 439 g/mol. The maximum Gasteiger partial charge on any atom is 0.266 e. The molecule has 0 radical (unpaired) electrons. The zero-order valence-electron chi connectivity index (χ0n) is 16.0. The van der Waals surface area contributed by atoms with E-state index in [-0.39, 0.29) is 19.0 Å². The van der Waals surface area contributed by atoms with Gasteiger partial charge in [0.15, 0.2) is 5.13 Å². The lowest BCUT2D eigenvalue weighted by Crippen LogP contribution is -2.39. The van der Waals surface area contributed by atoms with E-state index in [0.717, 1.165) is 29.9 Å². The van der Waals surface area contributed by atoms with Crippen LogP contribution < -0.4 is 4.90 Å². The number of carbonyl (C=O) groups excluding carboxylic acids is 1. The Bertz CT molecular complexity index is 975. The van der Waals surface area contributed by atoms with Gasteiger partial charge in [-0.2, -0.15) is 0 Å². The first-order chi connectivity index (χ1) is 13.5. The Morgan fingerprint density at radius 1 is 1.07 bits per heavy atom. The molecule has 1 heterocycles. The van der Waals surface area contributed by atoms with Crippen LogP contribution in [0.15, 0.2) is 36.4 Å². The average Bonchev–Trinajstić information content (AvgIpc) is 3.10. The highest BCUT2D eigenvalue weighted by Gasteiger charge is 2.27. The number of para-hydroxylation sites is 1. The number of likely N-dealkylation sites (N-methyl/N-ethyl adjacent to an activating group) is 1. The zero-order valence-corrected chi connectivity index (χ0v) is 18.4. The third-order valence-corrected chi connectivity index (χ3v) is 5.89. The quantitative estimate of drug-likeness (QED) is 0.458. The first-order valence-electron chi connectivity index (χ1n) is 8.99. The monoisotopic (exact) mass is 459 g/mol. The predicted octanol–water partition coefficient (Wildman–Crippen LogP) is 5.64. The van der Waals surface area contributed by atoms with Gasteiger partial charge in [0.05, 0.1) is 9.72 Å². The fourth-order valence-electron chi connectivity index (χ4n) is 2.92. The Morgan fingerprint density at radius 3 is 2.28 bits per heavy atom. The van der Waals surface area contributed by atoms with Crippen molar-refractivity contribution in [2.45, 2.75) is 13.8 Å². The molecule has 2 aromatic carbocycles. The van der Waals surface area contributed by atoms with Crippen molar-refractivity contribution in [1.82, 2.24) is 9.88 Å². The molecule has 0 atom stereocenters. The van der Waals surface area contributed by atoms with Crippen molar-refractivity contribution >= 4 is 56.6 Å². The van der Waals surface area contributed by atoms with E-state index in [1.54, 1.807) is 12.1 Å². The highest BCUT2D eigenvalue weighted by Crippen LogP contribution is 2.33. The van der Waals surface area contributed by atoms with Gasteiger partial charge < -0.3 is 4.90 Å². The summed E-state index contributed by atoms with van der Waals surface area (Å²) in [6, 6.07) is 8.75. The van der Waals surface area contributed by atoms with Gasteiger partial charge in [-0.3, -0.25) is 9.69 Å². The normalized spacial score (nSPS) is 11.0. The lowest BCUT2D eigenvalue weighted by Gasteiger charge is -2.25. The Kier molecular flexibility index (Phi) is 8.34. The second kappa shape index (κ2) is 10.3. The molecule has 0 bridgehead atoms. The molecule has 0 spiro atoms. The van der Waals surface area contributed by atoms with Crippen LogP contribution in [0.4, 0.5) is 13.9 Å². The predicted molar refractivity (Wildman–Crippen MR) is 118 cm³/mol. The van der Waals surface area contributed by atoms with Crippen molar-refractivity contribution in [3.05, 3.63) is 58.6 Å². The van der Waals surface area contributed by atoms with Gasteiger partial charge >= 0.3 is 0 Å². The molecule has 0 fully saturated rings. The second-order valence-electron chi connectivity index (χ2n) is 6.16. The Morgan fingerprint density at radius 2 is 1.69 bits per heavy atom. The first-order valence-corrected chi connectivity index (χ1v) is 10.2. The van der Waals surface area contributed by atoms with Crippen molar-refractivity contribution in [2.75, 3.05) is 31.1 Å². The number of aromatic nitrogens is 1. The molecule has 3 aromatic rings. The molecule has 0 unspecified atom stereocenters. The molecular formula is C20H21Cl2F2N3OS. The molecule has 0 saturated heterocycles. The molecule has 3 rings (SSSR count). The van der Waals surface area contributed by atoms with Gasteiger partial charge in [0.25, 0.3) is 5.91 Å². The maximum atomic E-state index is 14.2. The van der Waals surface area contributed by atoms with Crippen LogP contribution >= 0.6 is 35.3 Å². The molecule has 0 aliphatic heterocycles. The van der Waals surface area contributed by atoms with Crippen molar-refractivity contribution in [3.8, 4) is 0 Å². The summed E-state index contributed by atoms with van der Waals surface area (Å²) >= 11 is 7.47. The fraction of sp³-hybridized carbons (Fsp3) is 0.300. The van der Waals surface area contributed by atoms with Crippen molar-refractivity contribution in [3.63, 3.8) is 0 Å². The Labute approximate surface area is 183 Å². The fourth-order valence-corrected chi connectivity index (χ4v) is 4.21. The second-order valence-corrected chi connectivity index (χ2v) is 7.58. The SMILES string of the molecule is CCN(CC)CCN(C(=O)c1c(F)cccc1F)c1nc2c(Cl)cccc2s1.Cl. The molecule has 0 saturated carbocycles. The minimum absolute atomic E-state index is 0. The van der Waals surface area contributed by atoms with E-state index < -0.39 is 23.1 Å². The molecule has 0 N–H and O–H groups in total. The summed E-state index contributed by atoms with van der Waals surface area (Å²) in [5.41, 5.74) is -0.00814. The Hall–Kier alpha value is -1.80. The summed E-state index contributed by atoms with van der Waals surface area (Å²) in [7, 11) is 0. The van der Waals surface area contributed by atoms with Crippen LogP contribution in [0, 0.1) is 11.6 Å². The third kappa shape index (κ3) is 5.04. The lowest BCUT2D eigenvalue weighted by atomic mass is 10.1. The molecule has 1 aromatic heterocycles. The summed E-state index contributed by atoms with van der Waals surface area (Å²) < 4.78 is 29.3. The van der Waals surface area contributed by atoms with Crippen molar-refractivity contribution in [1.29, 1.82) is 0 Å². The van der Waals surface area contributed by atoms with Crippen molar-refractivity contribution < 1.29 is 13.6 Å². The molecule has 0 aliphatic rings. The van der Waals surface area contributed by atoms with E-state index in [4.69, 9.17) is 11.6 Å². The van der Waals surface area contributed by atoms with E-state index in [2.05, 4.69) is 9.88 Å². The number of nitrogens with zero attached hydrogens (tertiary/aromatic N) is 3. The number of halogens is 4. The number of benzene rings is 2. The smallest absolute Gasteiger partial charge is 0.266 e. The van der Waals surface area contributed by atoms with Gasteiger partial charge in [-0.1, -0.05) is 48.9 Å². The highest BCUT2D eigenvalue weighted by molar-refractivity contribution is 7.22. The van der Waals surface area contributed by atoms with E-state index in [1.807, 2.05) is 19.9 Å². The number of anilines is 1. The van der Waals surface area contributed by atoms with Crippen LogP contribution in [0.1, 0.15) is 24.2 Å². The largest absolute Gasteiger partial charge is 0.302 e. The topological polar surface area (TPSA) is 36.4 Å². The number of hydrogen-bond acceptors (Lipinski definition) is 4. The number of hydrogen-bond donors (Lipinski definition) is 0. The molecule has 156 valence electrons. The van der Waals surface area contributed by atoms with E-state index in [9.17, 15) is 13.6 Å². The summed E-state index contributed by atoms with van der Waals surface area (Å²) in [6.07, 6.45) is 0. The minimum Gasteiger partial charge on any atom is -0.302 e. The van der Waals surface area contributed by atoms with Crippen LogP contribution in [0.25, 0.3) is 10.2 Å². The number of amides is 1. The summed E-state index contributed by atoms with van der Waals surface area (Å²) in [4.78, 5) is 21.0.